The minimum atomic E-state index is -1.10. The minimum absolute atomic E-state index is 0.00484. The van der Waals surface area contributed by atoms with Crippen molar-refractivity contribution in [2.75, 3.05) is 6.54 Å². The number of carboxylic acid groups (broad SMARTS) is 1. The highest BCUT2D eigenvalue weighted by Crippen LogP contribution is 1.89. The van der Waals surface area contributed by atoms with Crippen molar-refractivity contribution in [2.24, 2.45) is 0 Å². The molecule has 0 aliphatic heterocycles. The van der Waals surface area contributed by atoms with Crippen LogP contribution >= 0.6 is 0 Å². The molecule has 0 fully saturated rings. The van der Waals surface area contributed by atoms with E-state index in [1.165, 1.54) is 0 Å². The Morgan fingerprint density at radius 1 is 1.18 bits per heavy atom. The number of urea groups is 1. The van der Waals surface area contributed by atoms with Crippen molar-refractivity contribution in [3.05, 3.63) is 0 Å². The van der Waals surface area contributed by atoms with Crippen LogP contribution in [0.25, 0.3) is 0 Å². The zero-order valence-corrected chi connectivity index (χ0v) is 10.2. The molecule has 0 unspecified atom stereocenters. The Bertz CT molecular complexity index is 291. The largest absolute Gasteiger partial charge is 0.480 e. The molecule has 0 aromatic carbocycles. The summed E-state index contributed by atoms with van der Waals surface area (Å²) < 4.78 is 0. The number of nitrogens with one attached hydrogen (secondary N) is 3. The van der Waals surface area contributed by atoms with Gasteiger partial charge in [-0.1, -0.05) is 6.92 Å². The molecule has 0 saturated heterocycles. The van der Waals surface area contributed by atoms with Crippen LogP contribution in [0.15, 0.2) is 0 Å². The molecule has 0 saturated carbocycles. The van der Waals surface area contributed by atoms with Gasteiger partial charge in [0.2, 0.25) is 5.91 Å². The van der Waals surface area contributed by atoms with Crippen molar-refractivity contribution >= 4 is 17.9 Å². The normalized spacial score (nSPS) is 11.8. The van der Waals surface area contributed by atoms with Gasteiger partial charge in [0.1, 0.15) is 6.04 Å². The molecule has 0 bridgehead atoms. The second-order valence-corrected chi connectivity index (χ2v) is 3.85. The third-order valence-corrected chi connectivity index (χ3v) is 1.87. The van der Waals surface area contributed by atoms with E-state index in [9.17, 15) is 14.4 Å². The molecule has 3 amide bonds. The number of hydrogen-bond donors (Lipinski definition) is 4. The quantitative estimate of drug-likeness (QED) is 0.514. The van der Waals surface area contributed by atoms with E-state index in [0.717, 1.165) is 0 Å². The SMILES string of the molecule is CC[C@H](NC(=O)NCC(=O)NC(C)C)C(=O)O. The molecule has 0 aliphatic rings. The van der Waals surface area contributed by atoms with Crippen LogP contribution in [0.2, 0.25) is 0 Å². The number of hydrogen-bond acceptors (Lipinski definition) is 3. The number of rotatable bonds is 6. The topological polar surface area (TPSA) is 108 Å². The van der Waals surface area contributed by atoms with Crippen LogP contribution in [-0.2, 0) is 9.59 Å². The van der Waals surface area contributed by atoms with Gasteiger partial charge in [0, 0.05) is 6.04 Å². The van der Waals surface area contributed by atoms with Gasteiger partial charge in [0.25, 0.3) is 0 Å². The fourth-order valence-corrected chi connectivity index (χ4v) is 1.08. The maximum Gasteiger partial charge on any atom is 0.326 e. The molecule has 0 aromatic rings. The first-order valence-electron chi connectivity index (χ1n) is 5.43. The van der Waals surface area contributed by atoms with Gasteiger partial charge in [-0.05, 0) is 20.3 Å². The number of carbonyl (C=O) groups is 3. The molecule has 0 heterocycles. The van der Waals surface area contributed by atoms with Crippen LogP contribution in [0.3, 0.4) is 0 Å². The first kappa shape index (κ1) is 15.2. The van der Waals surface area contributed by atoms with Crippen molar-refractivity contribution in [2.45, 2.75) is 39.3 Å². The Kier molecular flexibility index (Phi) is 6.69. The van der Waals surface area contributed by atoms with Crippen LogP contribution in [-0.4, -0.2) is 41.6 Å². The summed E-state index contributed by atoms with van der Waals surface area (Å²) in [7, 11) is 0. The van der Waals surface area contributed by atoms with Crippen LogP contribution in [0.4, 0.5) is 4.79 Å². The molecule has 0 rings (SSSR count). The molecule has 0 aromatic heterocycles. The highest BCUT2D eigenvalue weighted by molar-refractivity contribution is 5.86. The second kappa shape index (κ2) is 7.48. The van der Waals surface area contributed by atoms with Crippen molar-refractivity contribution in [1.29, 1.82) is 0 Å². The number of carboxylic acids is 1. The average Bonchev–Trinajstić information content (AvgIpc) is 2.21. The Morgan fingerprint density at radius 2 is 1.76 bits per heavy atom. The summed E-state index contributed by atoms with van der Waals surface area (Å²) in [5.41, 5.74) is 0. The number of aliphatic carboxylic acids is 1. The van der Waals surface area contributed by atoms with Crippen LogP contribution in [0.5, 0.6) is 0 Å². The van der Waals surface area contributed by atoms with Gasteiger partial charge in [-0.15, -0.1) is 0 Å². The Morgan fingerprint density at radius 3 is 2.18 bits per heavy atom. The zero-order chi connectivity index (χ0) is 13.4. The van der Waals surface area contributed by atoms with Gasteiger partial charge < -0.3 is 21.1 Å². The van der Waals surface area contributed by atoms with E-state index in [4.69, 9.17) is 5.11 Å². The summed E-state index contributed by atoms with van der Waals surface area (Å²) in [6, 6.07) is -1.61. The van der Waals surface area contributed by atoms with E-state index in [2.05, 4.69) is 16.0 Å². The van der Waals surface area contributed by atoms with Crippen molar-refractivity contribution < 1.29 is 19.5 Å². The van der Waals surface area contributed by atoms with E-state index in [0.29, 0.717) is 0 Å². The minimum Gasteiger partial charge on any atom is -0.480 e. The van der Waals surface area contributed by atoms with Crippen molar-refractivity contribution in [1.82, 2.24) is 16.0 Å². The van der Waals surface area contributed by atoms with Crippen LogP contribution in [0.1, 0.15) is 27.2 Å². The lowest BCUT2D eigenvalue weighted by Gasteiger charge is -2.13. The molecule has 4 N–H and O–H groups in total. The van der Waals surface area contributed by atoms with E-state index in [-0.39, 0.29) is 24.9 Å². The molecule has 17 heavy (non-hydrogen) atoms. The first-order chi connectivity index (χ1) is 7.86. The Labute approximate surface area is 100.0 Å². The Balaban J connectivity index is 3.94. The van der Waals surface area contributed by atoms with Crippen molar-refractivity contribution in [3.63, 3.8) is 0 Å². The Hall–Kier alpha value is -1.79. The summed E-state index contributed by atoms with van der Waals surface area (Å²) in [4.78, 5) is 33.0. The van der Waals surface area contributed by atoms with Crippen LogP contribution < -0.4 is 16.0 Å². The molecule has 7 heteroatoms. The second-order valence-electron chi connectivity index (χ2n) is 3.85. The lowest BCUT2D eigenvalue weighted by Crippen LogP contribution is -2.48. The maximum atomic E-state index is 11.2. The number of amides is 3. The van der Waals surface area contributed by atoms with Gasteiger partial charge in [0.15, 0.2) is 0 Å². The molecule has 0 radical (unpaired) electrons. The van der Waals surface area contributed by atoms with Crippen LogP contribution in [0, 0.1) is 0 Å². The van der Waals surface area contributed by atoms with Gasteiger partial charge in [0.05, 0.1) is 6.54 Å². The molecule has 0 spiro atoms. The molecular formula is C10H19N3O4. The van der Waals surface area contributed by atoms with Gasteiger partial charge in [-0.2, -0.15) is 0 Å². The standard InChI is InChI=1S/C10H19N3O4/c1-4-7(9(15)16)13-10(17)11-5-8(14)12-6(2)3/h6-7H,4-5H2,1-3H3,(H,12,14)(H,15,16)(H2,11,13,17)/t7-/m0/s1. The fourth-order valence-electron chi connectivity index (χ4n) is 1.08. The zero-order valence-electron chi connectivity index (χ0n) is 10.2. The highest BCUT2D eigenvalue weighted by Gasteiger charge is 2.17. The molecular weight excluding hydrogens is 226 g/mol. The molecule has 7 nitrogen and oxygen atoms in total. The van der Waals surface area contributed by atoms with E-state index in [1.807, 2.05) is 0 Å². The molecule has 0 aliphatic carbocycles. The summed E-state index contributed by atoms with van der Waals surface area (Å²) in [5, 5.41) is 15.8. The molecule has 1 atom stereocenters. The summed E-state index contributed by atoms with van der Waals surface area (Å²) in [6.07, 6.45) is 0.279. The predicted octanol–water partition coefficient (Wildman–Crippen LogP) is -0.327. The summed E-state index contributed by atoms with van der Waals surface area (Å²) in [6.45, 7) is 5.07. The van der Waals surface area contributed by atoms with Gasteiger partial charge in [-0.3, -0.25) is 4.79 Å². The fraction of sp³-hybridized carbons (Fsp3) is 0.700. The maximum absolute atomic E-state index is 11.2. The first-order valence-corrected chi connectivity index (χ1v) is 5.43. The van der Waals surface area contributed by atoms with E-state index >= 15 is 0 Å². The average molecular weight is 245 g/mol. The van der Waals surface area contributed by atoms with E-state index in [1.54, 1.807) is 20.8 Å². The smallest absolute Gasteiger partial charge is 0.326 e. The van der Waals surface area contributed by atoms with E-state index < -0.39 is 18.0 Å². The van der Waals surface area contributed by atoms with Gasteiger partial charge >= 0.3 is 12.0 Å². The third-order valence-electron chi connectivity index (χ3n) is 1.87. The summed E-state index contributed by atoms with van der Waals surface area (Å²) >= 11 is 0. The highest BCUT2D eigenvalue weighted by atomic mass is 16.4. The summed E-state index contributed by atoms with van der Waals surface area (Å²) in [5.74, 6) is -1.42. The van der Waals surface area contributed by atoms with Gasteiger partial charge in [-0.25, -0.2) is 9.59 Å². The third kappa shape index (κ3) is 7.15. The predicted molar refractivity (Wildman–Crippen MR) is 61.5 cm³/mol. The lowest BCUT2D eigenvalue weighted by molar-refractivity contribution is -0.139. The lowest BCUT2D eigenvalue weighted by atomic mass is 10.2. The monoisotopic (exact) mass is 245 g/mol. The number of carbonyl (C=O) groups excluding carboxylic acids is 2. The molecule has 98 valence electrons. The van der Waals surface area contributed by atoms with Crippen molar-refractivity contribution in [3.8, 4) is 0 Å².